The van der Waals surface area contributed by atoms with Crippen LogP contribution in [-0.4, -0.2) is 28.0 Å². The molecule has 0 bridgehead atoms. The molecule has 154 valence electrons. The van der Waals surface area contributed by atoms with Crippen molar-refractivity contribution in [2.75, 3.05) is 4.72 Å². The second-order valence-corrected chi connectivity index (χ2v) is 9.64. The van der Waals surface area contributed by atoms with Crippen molar-refractivity contribution < 1.29 is 8.42 Å². The molecule has 0 aliphatic rings. The van der Waals surface area contributed by atoms with E-state index in [0.717, 1.165) is 10.1 Å². The average molecular weight is 423 g/mol. The molecule has 0 spiro atoms. The molecule has 8 nitrogen and oxygen atoms in total. The third-order valence-electron chi connectivity index (χ3n) is 4.79. The number of hydrogen-bond acceptors (Lipinski definition) is 5. The van der Waals surface area contributed by atoms with E-state index in [1.807, 2.05) is 12.1 Å². The van der Waals surface area contributed by atoms with E-state index in [2.05, 4.69) is 40.6 Å². The third-order valence-corrected chi connectivity index (χ3v) is 6.19. The van der Waals surface area contributed by atoms with E-state index in [-0.39, 0.29) is 10.3 Å². The maximum atomic E-state index is 12.8. The van der Waals surface area contributed by atoms with Gasteiger partial charge in [0, 0.05) is 11.3 Å². The van der Waals surface area contributed by atoms with Crippen LogP contribution in [0, 0.1) is 0 Å². The highest BCUT2D eigenvalue weighted by Crippen LogP contribution is 2.26. The molecule has 0 aliphatic carbocycles. The van der Waals surface area contributed by atoms with Crippen molar-refractivity contribution in [3.8, 4) is 11.1 Å². The van der Waals surface area contributed by atoms with Crippen LogP contribution in [0.15, 0.2) is 70.7 Å². The molecule has 0 fully saturated rings. The molecule has 2 heterocycles. The predicted molar refractivity (Wildman–Crippen MR) is 115 cm³/mol. The Balaban J connectivity index is 1.60. The molecule has 0 aliphatic heterocycles. The predicted octanol–water partition coefficient (Wildman–Crippen LogP) is 3.18. The van der Waals surface area contributed by atoms with Crippen LogP contribution in [0.1, 0.15) is 26.3 Å². The molecule has 0 saturated carbocycles. The second-order valence-electron chi connectivity index (χ2n) is 7.96. The maximum Gasteiger partial charge on any atom is 0.349 e. The first-order chi connectivity index (χ1) is 14.1. The van der Waals surface area contributed by atoms with E-state index < -0.39 is 15.7 Å². The smallest absolute Gasteiger partial charge is 0.296 e. The van der Waals surface area contributed by atoms with Crippen LogP contribution in [0.4, 0.5) is 5.69 Å². The van der Waals surface area contributed by atoms with Crippen LogP contribution < -0.4 is 10.4 Å². The zero-order valence-electron chi connectivity index (χ0n) is 16.7. The van der Waals surface area contributed by atoms with Crippen LogP contribution in [0.25, 0.3) is 16.8 Å². The molecule has 2 N–H and O–H groups in total. The lowest BCUT2D eigenvalue weighted by Crippen LogP contribution is -2.17. The van der Waals surface area contributed by atoms with E-state index in [1.54, 1.807) is 24.3 Å². The quantitative estimate of drug-likeness (QED) is 0.524. The summed E-state index contributed by atoms with van der Waals surface area (Å²) < 4.78 is 29.3. The Morgan fingerprint density at radius 2 is 1.67 bits per heavy atom. The number of benzene rings is 2. The normalized spacial score (nSPS) is 12.2. The summed E-state index contributed by atoms with van der Waals surface area (Å²) in [6.45, 7) is 6.30. The minimum atomic E-state index is -3.74. The third kappa shape index (κ3) is 3.71. The van der Waals surface area contributed by atoms with E-state index in [4.69, 9.17) is 0 Å². The van der Waals surface area contributed by atoms with Crippen molar-refractivity contribution in [3.05, 3.63) is 77.1 Å². The van der Waals surface area contributed by atoms with Gasteiger partial charge in [0.05, 0.1) is 17.4 Å². The van der Waals surface area contributed by atoms with E-state index in [0.29, 0.717) is 22.5 Å². The van der Waals surface area contributed by atoms with Gasteiger partial charge in [-0.15, -0.1) is 0 Å². The highest BCUT2D eigenvalue weighted by Gasteiger charge is 2.17. The number of anilines is 1. The van der Waals surface area contributed by atoms with Crippen molar-refractivity contribution in [3.63, 3.8) is 0 Å². The topological polar surface area (TPSA) is 109 Å². The minimum Gasteiger partial charge on any atom is -0.296 e. The van der Waals surface area contributed by atoms with Gasteiger partial charge in [-0.2, -0.15) is 9.61 Å². The Kier molecular flexibility index (Phi) is 4.70. The Morgan fingerprint density at radius 3 is 2.30 bits per heavy atom. The van der Waals surface area contributed by atoms with Crippen molar-refractivity contribution in [1.82, 2.24) is 19.6 Å². The molecule has 0 atom stereocenters. The molecule has 0 unspecified atom stereocenters. The zero-order valence-corrected chi connectivity index (χ0v) is 17.6. The molecule has 2 aromatic carbocycles. The number of aromatic amines is 1. The lowest BCUT2D eigenvalue weighted by molar-refractivity contribution is 0.590. The second kappa shape index (κ2) is 7.10. The Bertz CT molecular complexity index is 1360. The van der Waals surface area contributed by atoms with Crippen LogP contribution in [0.2, 0.25) is 0 Å². The number of fused-ring (bicyclic) bond motifs is 1. The summed E-state index contributed by atoms with van der Waals surface area (Å²) in [5.74, 6) is 0. The Labute approximate surface area is 173 Å². The van der Waals surface area contributed by atoms with E-state index >= 15 is 0 Å². The number of nitrogens with one attached hydrogen (secondary N) is 2. The number of hydrogen-bond donors (Lipinski definition) is 2. The molecule has 0 amide bonds. The van der Waals surface area contributed by atoms with Gasteiger partial charge in [-0.1, -0.05) is 45.0 Å². The molecular formula is C21H21N5O3S. The fourth-order valence-corrected chi connectivity index (χ4v) is 4.15. The van der Waals surface area contributed by atoms with Gasteiger partial charge >= 0.3 is 5.69 Å². The highest BCUT2D eigenvalue weighted by atomic mass is 32.2. The van der Waals surface area contributed by atoms with Crippen molar-refractivity contribution in [1.29, 1.82) is 0 Å². The maximum absolute atomic E-state index is 12.8. The van der Waals surface area contributed by atoms with Gasteiger partial charge in [-0.05, 0) is 40.8 Å². The summed E-state index contributed by atoms with van der Waals surface area (Å²) in [5.41, 5.74) is 2.95. The fraction of sp³-hybridized carbons (Fsp3) is 0.190. The SMILES string of the molecule is CC(C)(C)c1ccc(NS(=O)(=O)c2ccc(-c3cnn4c(=O)[nH]cnc34)cc2)cc1. The lowest BCUT2D eigenvalue weighted by atomic mass is 9.87. The summed E-state index contributed by atoms with van der Waals surface area (Å²) >= 11 is 0. The highest BCUT2D eigenvalue weighted by molar-refractivity contribution is 7.92. The van der Waals surface area contributed by atoms with Crippen molar-refractivity contribution >= 4 is 21.4 Å². The number of nitrogens with zero attached hydrogens (tertiary/aromatic N) is 3. The molecular weight excluding hydrogens is 402 g/mol. The number of H-pyrrole nitrogens is 1. The van der Waals surface area contributed by atoms with Crippen LogP contribution in [-0.2, 0) is 15.4 Å². The minimum absolute atomic E-state index is 0.00884. The summed E-state index contributed by atoms with van der Waals surface area (Å²) in [5, 5.41) is 4.03. The van der Waals surface area contributed by atoms with E-state index in [1.165, 1.54) is 24.7 Å². The van der Waals surface area contributed by atoms with Gasteiger partial charge in [0.15, 0.2) is 5.65 Å². The monoisotopic (exact) mass is 423 g/mol. The van der Waals surface area contributed by atoms with E-state index in [9.17, 15) is 13.2 Å². The Hall–Kier alpha value is -3.46. The summed E-state index contributed by atoms with van der Waals surface area (Å²) in [7, 11) is -3.74. The van der Waals surface area contributed by atoms with Crippen LogP contribution in [0.5, 0.6) is 0 Å². The first-order valence-electron chi connectivity index (χ1n) is 9.30. The molecule has 9 heteroatoms. The van der Waals surface area contributed by atoms with Crippen LogP contribution >= 0.6 is 0 Å². The van der Waals surface area contributed by atoms with Gasteiger partial charge in [0.2, 0.25) is 0 Å². The average Bonchev–Trinajstić information content (AvgIpc) is 3.13. The van der Waals surface area contributed by atoms with Gasteiger partial charge < -0.3 is 0 Å². The summed E-state index contributed by atoms with van der Waals surface area (Å²) in [6, 6.07) is 13.7. The molecule has 0 radical (unpaired) electrons. The van der Waals surface area contributed by atoms with Crippen molar-refractivity contribution in [2.45, 2.75) is 31.1 Å². The van der Waals surface area contributed by atoms with Gasteiger partial charge in [-0.25, -0.2) is 18.2 Å². The van der Waals surface area contributed by atoms with Crippen molar-refractivity contribution in [2.24, 2.45) is 0 Å². The molecule has 2 aromatic heterocycles. The van der Waals surface area contributed by atoms with Gasteiger partial charge in [0.1, 0.15) is 0 Å². The lowest BCUT2D eigenvalue weighted by Gasteiger charge is -2.19. The first-order valence-corrected chi connectivity index (χ1v) is 10.8. The summed E-state index contributed by atoms with van der Waals surface area (Å²) in [4.78, 5) is 18.5. The van der Waals surface area contributed by atoms with Crippen LogP contribution in [0.3, 0.4) is 0 Å². The first kappa shape index (κ1) is 19.8. The Morgan fingerprint density at radius 1 is 1.00 bits per heavy atom. The molecule has 0 saturated heterocycles. The molecule has 30 heavy (non-hydrogen) atoms. The van der Waals surface area contributed by atoms with Gasteiger partial charge in [0.25, 0.3) is 10.0 Å². The summed E-state index contributed by atoms with van der Waals surface area (Å²) in [6.07, 6.45) is 2.83. The van der Waals surface area contributed by atoms with Gasteiger partial charge in [-0.3, -0.25) is 9.71 Å². The number of sulfonamides is 1. The number of aromatic nitrogens is 4. The number of rotatable bonds is 4. The zero-order chi connectivity index (χ0) is 21.5. The molecule has 4 rings (SSSR count). The largest absolute Gasteiger partial charge is 0.349 e. The fourth-order valence-electron chi connectivity index (χ4n) is 3.09. The molecule has 4 aromatic rings. The standard InChI is InChI=1S/C21H21N5O3S/c1-21(2,3)15-6-8-16(9-7-15)25-30(28,29)17-10-4-14(5-11-17)18-12-24-26-19(18)22-13-23-20(26)27/h4-13,25H,1-3H3,(H,22,23,27).